The number of aromatic nitrogens is 1. The average Bonchev–Trinajstić information content (AvgIpc) is 2.37. The number of pyridine rings is 1. The maximum Gasteiger partial charge on any atom is 0.252 e. The Morgan fingerprint density at radius 1 is 1.37 bits per heavy atom. The number of likely N-dealkylation sites (N-methyl/N-ethyl adjacent to an activating group) is 1. The number of anilines is 1. The molecule has 0 aliphatic heterocycles. The van der Waals surface area contributed by atoms with E-state index in [1.165, 1.54) is 7.05 Å². The molecule has 2 amide bonds. The first kappa shape index (κ1) is 14.9. The molecule has 0 saturated carbocycles. The van der Waals surface area contributed by atoms with Crippen LogP contribution in [0.5, 0.6) is 0 Å². The van der Waals surface area contributed by atoms with E-state index in [9.17, 15) is 9.59 Å². The van der Waals surface area contributed by atoms with Crippen LogP contribution in [0.15, 0.2) is 12.1 Å². The van der Waals surface area contributed by atoms with Crippen molar-refractivity contribution in [3.8, 4) is 0 Å². The summed E-state index contributed by atoms with van der Waals surface area (Å²) in [5, 5.41) is 8.18. The minimum atomic E-state index is -0.575. The maximum absolute atomic E-state index is 12.0. The molecule has 0 bridgehead atoms. The molecule has 1 aromatic heterocycles. The van der Waals surface area contributed by atoms with Crippen LogP contribution in [0.4, 0.5) is 5.82 Å². The molecule has 1 atom stereocenters. The number of carbonyl (C=O) groups is 2. The number of aryl methyl sites for hydroxylation is 1. The van der Waals surface area contributed by atoms with Gasteiger partial charge in [-0.25, -0.2) is 4.98 Å². The van der Waals surface area contributed by atoms with Crippen molar-refractivity contribution in [3.63, 3.8) is 0 Å². The number of carbonyl (C=O) groups excluding carboxylic acids is 2. The number of rotatable bonds is 5. The number of amides is 2. The minimum absolute atomic E-state index is 0.231. The van der Waals surface area contributed by atoms with Gasteiger partial charge in [0.05, 0.1) is 0 Å². The van der Waals surface area contributed by atoms with Gasteiger partial charge < -0.3 is 16.0 Å². The summed E-state index contributed by atoms with van der Waals surface area (Å²) < 4.78 is 0. The van der Waals surface area contributed by atoms with Crippen molar-refractivity contribution < 1.29 is 9.59 Å². The smallest absolute Gasteiger partial charge is 0.252 e. The second-order valence-electron chi connectivity index (χ2n) is 4.22. The van der Waals surface area contributed by atoms with E-state index < -0.39 is 6.04 Å². The van der Waals surface area contributed by atoms with E-state index in [-0.39, 0.29) is 11.8 Å². The monoisotopic (exact) mass is 264 g/mol. The van der Waals surface area contributed by atoms with E-state index in [1.54, 1.807) is 19.1 Å². The molecule has 3 N–H and O–H groups in total. The van der Waals surface area contributed by atoms with E-state index in [4.69, 9.17) is 0 Å². The zero-order valence-corrected chi connectivity index (χ0v) is 11.7. The number of hydrogen-bond acceptors (Lipinski definition) is 4. The molecule has 1 aromatic rings. The first-order valence-electron chi connectivity index (χ1n) is 6.23. The average molecular weight is 264 g/mol. The van der Waals surface area contributed by atoms with E-state index in [1.807, 2.05) is 13.8 Å². The summed E-state index contributed by atoms with van der Waals surface area (Å²) >= 11 is 0. The van der Waals surface area contributed by atoms with Crippen LogP contribution in [0, 0.1) is 6.92 Å². The molecule has 0 aromatic carbocycles. The molecule has 0 aliphatic carbocycles. The largest absolute Gasteiger partial charge is 0.370 e. The third kappa shape index (κ3) is 4.24. The van der Waals surface area contributed by atoms with Crippen LogP contribution in [-0.2, 0) is 4.79 Å². The zero-order valence-electron chi connectivity index (χ0n) is 11.7. The van der Waals surface area contributed by atoms with Crippen LogP contribution in [-0.4, -0.2) is 36.4 Å². The van der Waals surface area contributed by atoms with Gasteiger partial charge in [-0.05, 0) is 32.9 Å². The van der Waals surface area contributed by atoms with Crippen molar-refractivity contribution in [3.05, 3.63) is 23.4 Å². The van der Waals surface area contributed by atoms with Gasteiger partial charge in [-0.2, -0.15) is 0 Å². The molecule has 1 unspecified atom stereocenters. The quantitative estimate of drug-likeness (QED) is 0.730. The number of nitrogens with zero attached hydrogens (tertiary/aromatic N) is 1. The lowest BCUT2D eigenvalue weighted by atomic mass is 10.2. The van der Waals surface area contributed by atoms with Crippen molar-refractivity contribution >= 4 is 17.6 Å². The molecule has 19 heavy (non-hydrogen) atoms. The van der Waals surface area contributed by atoms with Gasteiger partial charge in [0.1, 0.15) is 11.9 Å². The Hall–Kier alpha value is -2.11. The topological polar surface area (TPSA) is 83.1 Å². The lowest BCUT2D eigenvalue weighted by Crippen LogP contribution is -2.43. The van der Waals surface area contributed by atoms with Gasteiger partial charge in [0, 0.05) is 24.8 Å². The lowest BCUT2D eigenvalue weighted by Gasteiger charge is -2.13. The maximum atomic E-state index is 12.0. The Labute approximate surface area is 113 Å². The molecule has 0 fully saturated rings. The van der Waals surface area contributed by atoms with E-state index >= 15 is 0 Å². The summed E-state index contributed by atoms with van der Waals surface area (Å²) in [6, 6.07) is 2.78. The third-order valence-electron chi connectivity index (χ3n) is 2.56. The summed E-state index contributed by atoms with van der Waals surface area (Å²) in [6.07, 6.45) is 0. The van der Waals surface area contributed by atoms with Gasteiger partial charge in [0.15, 0.2) is 0 Å². The van der Waals surface area contributed by atoms with Crippen molar-refractivity contribution in [2.45, 2.75) is 26.8 Å². The Bertz CT molecular complexity index is 474. The summed E-state index contributed by atoms with van der Waals surface area (Å²) in [4.78, 5) is 27.7. The highest BCUT2D eigenvalue weighted by atomic mass is 16.2. The van der Waals surface area contributed by atoms with Gasteiger partial charge in [-0.1, -0.05) is 0 Å². The predicted molar refractivity (Wildman–Crippen MR) is 74.1 cm³/mol. The molecule has 6 nitrogen and oxygen atoms in total. The minimum Gasteiger partial charge on any atom is -0.370 e. The summed E-state index contributed by atoms with van der Waals surface area (Å²) in [5.41, 5.74) is 1.23. The van der Waals surface area contributed by atoms with Crippen molar-refractivity contribution in [1.29, 1.82) is 0 Å². The molecule has 104 valence electrons. The van der Waals surface area contributed by atoms with E-state index in [0.29, 0.717) is 11.4 Å². The highest BCUT2D eigenvalue weighted by Crippen LogP contribution is 2.10. The van der Waals surface area contributed by atoms with Crippen LogP contribution in [0.2, 0.25) is 0 Å². The van der Waals surface area contributed by atoms with Gasteiger partial charge in [0.2, 0.25) is 5.91 Å². The highest BCUT2D eigenvalue weighted by molar-refractivity contribution is 5.98. The Morgan fingerprint density at radius 3 is 2.63 bits per heavy atom. The van der Waals surface area contributed by atoms with Crippen LogP contribution >= 0.6 is 0 Å². The van der Waals surface area contributed by atoms with Crippen molar-refractivity contribution in [2.75, 3.05) is 18.9 Å². The molecule has 0 aliphatic rings. The SMILES string of the molecule is CCNc1cc(C(=O)NC(C)C(=O)NC)cc(C)n1. The van der Waals surface area contributed by atoms with E-state index in [0.717, 1.165) is 12.2 Å². The number of hydrogen-bond donors (Lipinski definition) is 3. The molecule has 6 heteroatoms. The number of nitrogens with one attached hydrogen (secondary N) is 3. The normalized spacial score (nSPS) is 11.6. The molecule has 1 heterocycles. The Balaban J connectivity index is 2.84. The van der Waals surface area contributed by atoms with Gasteiger partial charge >= 0.3 is 0 Å². The first-order chi connectivity index (χ1) is 8.97. The van der Waals surface area contributed by atoms with Crippen LogP contribution in [0.1, 0.15) is 29.9 Å². The highest BCUT2D eigenvalue weighted by Gasteiger charge is 2.16. The zero-order chi connectivity index (χ0) is 14.4. The van der Waals surface area contributed by atoms with Crippen LogP contribution in [0.3, 0.4) is 0 Å². The second kappa shape index (κ2) is 6.72. The predicted octanol–water partition coefficient (Wildman–Crippen LogP) is 0.686. The van der Waals surface area contributed by atoms with Crippen molar-refractivity contribution in [2.24, 2.45) is 0 Å². The Morgan fingerprint density at radius 2 is 2.05 bits per heavy atom. The van der Waals surface area contributed by atoms with Crippen molar-refractivity contribution in [1.82, 2.24) is 15.6 Å². The fourth-order valence-electron chi connectivity index (χ4n) is 1.63. The lowest BCUT2D eigenvalue weighted by molar-refractivity contribution is -0.122. The van der Waals surface area contributed by atoms with Gasteiger partial charge in [0.25, 0.3) is 5.91 Å². The summed E-state index contributed by atoms with van der Waals surface area (Å²) in [6.45, 7) is 6.14. The standard InChI is InChI=1S/C13H20N4O2/c1-5-15-11-7-10(6-8(2)16-11)13(19)17-9(3)12(18)14-4/h6-7,9H,5H2,1-4H3,(H,14,18)(H,15,16)(H,17,19). The Kier molecular flexibility index (Phi) is 5.29. The van der Waals surface area contributed by atoms with E-state index in [2.05, 4.69) is 20.9 Å². The summed E-state index contributed by atoms with van der Waals surface area (Å²) in [7, 11) is 1.53. The molecular formula is C13H20N4O2. The summed E-state index contributed by atoms with van der Waals surface area (Å²) in [5.74, 6) is 0.132. The fraction of sp³-hybridized carbons (Fsp3) is 0.462. The third-order valence-corrected chi connectivity index (χ3v) is 2.56. The first-order valence-corrected chi connectivity index (χ1v) is 6.23. The molecule has 0 saturated heterocycles. The second-order valence-corrected chi connectivity index (χ2v) is 4.22. The molecular weight excluding hydrogens is 244 g/mol. The van der Waals surface area contributed by atoms with Crippen LogP contribution < -0.4 is 16.0 Å². The fourth-order valence-corrected chi connectivity index (χ4v) is 1.63. The van der Waals surface area contributed by atoms with Gasteiger partial charge in [-0.3, -0.25) is 9.59 Å². The molecule has 1 rings (SSSR count). The molecule has 0 radical (unpaired) electrons. The van der Waals surface area contributed by atoms with Gasteiger partial charge in [-0.15, -0.1) is 0 Å². The molecule has 0 spiro atoms. The van der Waals surface area contributed by atoms with Crippen LogP contribution in [0.25, 0.3) is 0 Å².